The van der Waals surface area contributed by atoms with Crippen molar-refractivity contribution in [2.45, 2.75) is 88.9 Å². The molecule has 2 aromatic rings. The standard InChI is InChI=1S/C27H38N2O6S2/c1-7-9-15-34-23-13-11-21(19(3)4)17-25(23)36(30,31)27(29-28)37(32,33)26-18-22(20(5)6)12-14-24(26)35-16-10-8-2/h11-14,17-20H,7-10,15-16H2,1-6H3. The van der Waals surface area contributed by atoms with E-state index in [-0.39, 0.29) is 46.3 Å². The Morgan fingerprint density at radius 1 is 0.757 bits per heavy atom. The van der Waals surface area contributed by atoms with Gasteiger partial charge in [-0.15, -0.1) is 4.79 Å². The highest BCUT2D eigenvalue weighted by Crippen LogP contribution is 2.35. The number of nitrogens with zero attached hydrogens (tertiary/aromatic N) is 2. The van der Waals surface area contributed by atoms with Crippen LogP contribution >= 0.6 is 0 Å². The first-order valence-corrected chi connectivity index (χ1v) is 15.6. The molecule has 2 rings (SSSR count). The fourth-order valence-corrected chi connectivity index (χ4v) is 7.17. The van der Waals surface area contributed by atoms with E-state index in [0.29, 0.717) is 24.0 Å². The number of ether oxygens (including phenoxy) is 2. The van der Waals surface area contributed by atoms with E-state index in [4.69, 9.17) is 9.47 Å². The predicted molar refractivity (Wildman–Crippen MR) is 145 cm³/mol. The van der Waals surface area contributed by atoms with Crippen LogP contribution in [0.5, 0.6) is 11.5 Å². The molecule has 0 saturated carbocycles. The minimum atomic E-state index is -4.82. The molecule has 0 fully saturated rings. The summed E-state index contributed by atoms with van der Waals surface area (Å²) in [7, 11) is -9.65. The van der Waals surface area contributed by atoms with Crippen LogP contribution in [0, 0.1) is 0 Å². The topological polar surface area (TPSA) is 123 Å². The zero-order valence-electron chi connectivity index (χ0n) is 22.5. The molecule has 0 unspecified atom stereocenters. The minimum absolute atomic E-state index is 0.00421. The summed E-state index contributed by atoms with van der Waals surface area (Å²) in [6.07, 6.45) is 3.03. The van der Waals surface area contributed by atoms with Gasteiger partial charge in [0.15, 0.2) is 0 Å². The molecule has 0 amide bonds. The summed E-state index contributed by atoms with van der Waals surface area (Å²) in [6, 6.07) is 9.26. The highest BCUT2D eigenvalue weighted by Gasteiger charge is 2.47. The van der Waals surface area contributed by atoms with Crippen molar-refractivity contribution < 1.29 is 31.1 Å². The Labute approximate surface area is 221 Å². The molecule has 0 bridgehead atoms. The summed E-state index contributed by atoms with van der Waals surface area (Å²) in [5.74, 6) is -0.0637. The average Bonchev–Trinajstić information content (AvgIpc) is 2.84. The molecule has 0 aliphatic heterocycles. The Bertz CT molecular complexity index is 1250. The van der Waals surface area contributed by atoms with Crippen molar-refractivity contribution in [2.75, 3.05) is 13.2 Å². The van der Waals surface area contributed by atoms with E-state index < -0.39 is 24.1 Å². The Morgan fingerprint density at radius 2 is 1.14 bits per heavy atom. The molecular weight excluding hydrogens is 512 g/mol. The lowest BCUT2D eigenvalue weighted by Crippen LogP contribution is -2.27. The monoisotopic (exact) mass is 550 g/mol. The Hall–Kier alpha value is -2.68. The van der Waals surface area contributed by atoms with E-state index in [9.17, 15) is 22.4 Å². The van der Waals surface area contributed by atoms with Crippen LogP contribution in [0.25, 0.3) is 5.53 Å². The molecule has 8 nitrogen and oxygen atoms in total. The molecule has 0 heterocycles. The lowest BCUT2D eigenvalue weighted by Gasteiger charge is -2.15. The van der Waals surface area contributed by atoms with Gasteiger partial charge in [-0.05, 0) is 60.1 Å². The number of sulfone groups is 2. The number of hydrogen-bond acceptors (Lipinski definition) is 6. The van der Waals surface area contributed by atoms with Crippen LogP contribution in [0.2, 0.25) is 0 Å². The summed E-state index contributed by atoms with van der Waals surface area (Å²) >= 11 is 0. The molecule has 0 radical (unpaired) electrons. The predicted octanol–water partition coefficient (Wildman–Crippen LogP) is 6.12. The van der Waals surface area contributed by atoms with Crippen molar-refractivity contribution in [3.05, 3.63) is 53.1 Å². The van der Waals surface area contributed by atoms with Gasteiger partial charge in [0.1, 0.15) is 21.3 Å². The summed E-state index contributed by atoms with van der Waals surface area (Å²) < 4.78 is 65.3. The second-order valence-corrected chi connectivity index (χ2v) is 13.4. The maximum Gasteiger partial charge on any atom is 0.504 e. The molecule has 0 aliphatic carbocycles. The Balaban J connectivity index is 2.73. The third-order valence-electron chi connectivity index (χ3n) is 5.90. The minimum Gasteiger partial charge on any atom is -0.492 e. The van der Waals surface area contributed by atoms with E-state index in [1.54, 1.807) is 12.1 Å². The first kappa shape index (κ1) is 30.5. The van der Waals surface area contributed by atoms with Crippen LogP contribution < -0.4 is 9.47 Å². The molecule has 37 heavy (non-hydrogen) atoms. The molecule has 204 valence electrons. The van der Waals surface area contributed by atoms with Gasteiger partial charge in [0, 0.05) is 0 Å². The van der Waals surface area contributed by atoms with E-state index in [1.165, 1.54) is 24.3 Å². The molecule has 0 spiro atoms. The number of rotatable bonds is 12. The molecule has 0 aromatic heterocycles. The maximum atomic E-state index is 13.8. The van der Waals surface area contributed by atoms with Crippen molar-refractivity contribution >= 4 is 24.1 Å². The first-order chi connectivity index (χ1) is 17.4. The number of hydrogen-bond donors (Lipinski definition) is 0. The van der Waals surface area contributed by atoms with Gasteiger partial charge in [0.2, 0.25) is 0 Å². The molecule has 2 aromatic carbocycles. The largest absolute Gasteiger partial charge is 0.504 e. The maximum absolute atomic E-state index is 13.8. The van der Waals surface area contributed by atoms with Gasteiger partial charge in [-0.25, -0.2) is 16.8 Å². The van der Waals surface area contributed by atoms with Crippen molar-refractivity contribution in [1.29, 1.82) is 0 Å². The summed E-state index contributed by atoms with van der Waals surface area (Å²) in [6.45, 7) is 12.0. The van der Waals surface area contributed by atoms with Gasteiger partial charge in [-0.2, -0.15) is 0 Å². The smallest absolute Gasteiger partial charge is 0.492 e. The van der Waals surface area contributed by atoms with Gasteiger partial charge >= 0.3 is 4.38 Å². The third-order valence-corrected chi connectivity index (χ3v) is 10.1. The second kappa shape index (κ2) is 13.2. The van der Waals surface area contributed by atoms with Crippen LogP contribution in [0.4, 0.5) is 0 Å². The fourth-order valence-electron chi connectivity index (χ4n) is 3.52. The molecule has 10 heteroatoms. The van der Waals surface area contributed by atoms with Crippen LogP contribution in [0.3, 0.4) is 0 Å². The van der Waals surface area contributed by atoms with Crippen molar-refractivity contribution in [2.24, 2.45) is 0 Å². The lowest BCUT2D eigenvalue weighted by atomic mass is 10.0. The summed E-state index contributed by atoms with van der Waals surface area (Å²) in [4.78, 5) is 2.12. The zero-order chi connectivity index (χ0) is 27.8. The first-order valence-electron chi connectivity index (χ1n) is 12.7. The van der Waals surface area contributed by atoms with Gasteiger partial charge in [0.25, 0.3) is 19.7 Å². The normalized spacial score (nSPS) is 12.0. The van der Waals surface area contributed by atoms with Gasteiger partial charge < -0.3 is 15.0 Å². The zero-order valence-corrected chi connectivity index (χ0v) is 24.2. The van der Waals surface area contributed by atoms with Gasteiger partial charge in [0.05, 0.1) is 13.2 Å². The molecule has 0 saturated heterocycles. The second-order valence-electron chi connectivity index (χ2n) is 9.50. The average molecular weight is 551 g/mol. The lowest BCUT2D eigenvalue weighted by molar-refractivity contribution is 0.00377. The van der Waals surface area contributed by atoms with E-state index >= 15 is 0 Å². The van der Waals surface area contributed by atoms with Crippen LogP contribution in [-0.2, 0) is 19.7 Å². The third kappa shape index (κ3) is 7.21. The molecule has 0 N–H and O–H groups in total. The summed E-state index contributed by atoms with van der Waals surface area (Å²) in [5.41, 5.74) is 11.2. The van der Waals surface area contributed by atoms with Crippen molar-refractivity contribution in [3.8, 4) is 11.5 Å². The van der Waals surface area contributed by atoms with Gasteiger partial charge in [-0.3, -0.25) is 0 Å². The van der Waals surface area contributed by atoms with Crippen molar-refractivity contribution in [3.63, 3.8) is 0 Å². The van der Waals surface area contributed by atoms with E-state index in [2.05, 4.69) is 4.79 Å². The summed E-state index contributed by atoms with van der Waals surface area (Å²) in [5, 5.41) is 0. The SMILES string of the molecule is CCCCOc1ccc(C(C)C)cc1S(=O)(=O)C(=[N+]=[N-])S(=O)(=O)c1cc(C(C)C)ccc1OCCCC. The molecule has 0 atom stereocenters. The van der Waals surface area contributed by atoms with Crippen LogP contribution in [0.1, 0.15) is 90.2 Å². The Morgan fingerprint density at radius 3 is 1.43 bits per heavy atom. The van der Waals surface area contributed by atoms with Crippen LogP contribution in [0.15, 0.2) is 46.2 Å². The number of unbranched alkanes of at least 4 members (excludes halogenated alkanes) is 2. The van der Waals surface area contributed by atoms with E-state index in [1.807, 2.05) is 41.5 Å². The fraction of sp³-hybridized carbons (Fsp3) is 0.519. The van der Waals surface area contributed by atoms with Gasteiger partial charge in [-0.1, -0.05) is 66.5 Å². The molecular formula is C27H38N2O6S2. The quantitative estimate of drug-likeness (QED) is 0.103. The van der Waals surface area contributed by atoms with Crippen molar-refractivity contribution in [1.82, 2.24) is 0 Å². The highest BCUT2D eigenvalue weighted by molar-refractivity contribution is 8.31. The molecule has 0 aliphatic rings. The Kier molecular flexibility index (Phi) is 10.9. The number of benzene rings is 2. The van der Waals surface area contributed by atoms with Crippen LogP contribution in [-0.4, -0.2) is 39.2 Å². The van der Waals surface area contributed by atoms with E-state index in [0.717, 1.165) is 12.8 Å². The highest BCUT2D eigenvalue weighted by atomic mass is 32.3.